The SMILES string of the molecule is C/C=S(\CCCC(=O)O)NC(=O)CCCCCCCCCCCCCCCc1nn[nH]n1. The monoisotopic (exact) mass is 469 g/mol. The highest BCUT2D eigenvalue weighted by molar-refractivity contribution is 8.13. The lowest BCUT2D eigenvalue weighted by Gasteiger charge is -2.10. The van der Waals surface area contributed by atoms with Crippen molar-refractivity contribution < 1.29 is 14.7 Å². The molecule has 1 rings (SSSR count). The number of aromatic amines is 1. The molecule has 1 unspecified atom stereocenters. The number of aryl methyl sites for hydroxylation is 1. The molecule has 1 aromatic heterocycles. The molecule has 0 aliphatic carbocycles. The minimum atomic E-state index is -0.777. The maximum absolute atomic E-state index is 12.0. The third-order valence-electron chi connectivity index (χ3n) is 5.48. The van der Waals surface area contributed by atoms with Gasteiger partial charge >= 0.3 is 5.97 Å². The van der Waals surface area contributed by atoms with Gasteiger partial charge in [-0.15, -0.1) is 10.2 Å². The van der Waals surface area contributed by atoms with Crippen LogP contribution < -0.4 is 4.72 Å². The van der Waals surface area contributed by atoms with E-state index in [9.17, 15) is 9.59 Å². The molecule has 1 aromatic rings. The van der Waals surface area contributed by atoms with Gasteiger partial charge in [-0.2, -0.15) is 5.21 Å². The molecule has 8 nitrogen and oxygen atoms in total. The van der Waals surface area contributed by atoms with Crippen molar-refractivity contribution in [2.45, 2.75) is 116 Å². The van der Waals surface area contributed by atoms with Gasteiger partial charge in [0.05, 0.1) is 0 Å². The number of hydrogen-bond acceptors (Lipinski definition) is 5. The van der Waals surface area contributed by atoms with Gasteiger partial charge in [0.25, 0.3) is 0 Å². The van der Waals surface area contributed by atoms with Gasteiger partial charge in [-0.05, 0) is 31.6 Å². The largest absolute Gasteiger partial charge is 0.481 e. The van der Waals surface area contributed by atoms with Crippen LogP contribution in [-0.2, 0) is 16.0 Å². The average molecular weight is 470 g/mol. The fraction of sp³-hybridized carbons (Fsp3) is 0.826. The number of rotatable bonds is 21. The van der Waals surface area contributed by atoms with Crippen LogP contribution in [0.3, 0.4) is 0 Å². The Hall–Kier alpha value is -1.77. The Balaban J connectivity index is 1.81. The van der Waals surface area contributed by atoms with Crippen LogP contribution in [0.1, 0.15) is 115 Å². The van der Waals surface area contributed by atoms with E-state index in [0.717, 1.165) is 37.3 Å². The zero-order chi connectivity index (χ0) is 23.3. The smallest absolute Gasteiger partial charge is 0.303 e. The van der Waals surface area contributed by atoms with Crippen LogP contribution in [0.25, 0.3) is 0 Å². The number of aromatic nitrogens is 4. The van der Waals surface area contributed by atoms with E-state index in [2.05, 4.69) is 25.3 Å². The van der Waals surface area contributed by atoms with Gasteiger partial charge in [-0.1, -0.05) is 86.5 Å². The number of amides is 1. The Morgan fingerprint density at radius 1 is 0.875 bits per heavy atom. The second-order valence-corrected chi connectivity index (χ2v) is 10.3. The van der Waals surface area contributed by atoms with E-state index in [1.807, 2.05) is 12.3 Å². The van der Waals surface area contributed by atoms with E-state index in [-0.39, 0.29) is 23.0 Å². The quantitative estimate of drug-likeness (QED) is 0.168. The summed E-state index contributed by atoms with van der Waals surface area (Å²) in [6.07, 6.45) is 18.4. The van der Waals surface area contributed by atoms with Gasteiger partial charge in [-0.3, -0.25) is 9.59 Å². The minimum Gasteiger partial charge on any atom is -0.481 e. The fourth-order valence-electron chi connectivity index (χ4n) is 3.61. The first-order chi connectivity index (χ1) is 15.6. The highest BCUT2D eigenvalue weighted by Crippen LogP contribution is 2.14. The van der Waals surface area contributed by atoms with Gasteiger partial charge in [-0.25, -0.2) is 0 Å². The molecular formula is C23H43N5O3S. The number of aliphatic carboxylic acids is 1. The van der Waals surface area contributed by atoms with Crippen LogP contribution in [0.15, 0.2) is 0 Å². The molecular weight excluding hydrogens is 426 g/mol. The number of carboxylic acid groups (broad SMARTS) is 1. The summed E-state index contributed by atoms with van der Waals surface area (Å²) in [5.74, 6) is 0.856. The minimum absolute atomic E-state index is 0.0940. The third-order valence-corrected chi connectivity index (χ3v) is 7.27. The summed E-state index contributed by atoms with van der Waals surface area (Å²) in [4.78, 5) is 22.6. The summed E-state index contributed by atoms with van der Waals surface area (Å²) < 4.78 is 3.02. The zero-order valence-corrected chi connectivity index (χ0v) is 20.6. The number of unbranched alkanes of at least 4 members (excludes halogenated alkanes) is 12. The van der Waals surface area contributed by atoms with E-state index in [1.165, 1.54) is 64.2 Å². The first-order valence-corrected chi connectivity index (χ1v) is 13.8. The maximum atomic E-state index is 12.0. The predicted octanol–water partition coefficient (Wildman–Crippen LogP) is 5.19. The van der Waals surface area contributed by atoms with Crippen molar-refractivity contribution in [3.63, 3.8) is 0 Å². The van der Waals surface area contributed by atoms with Gasteiger partial charge in [0.2, 0.25) is 5.91 Å². The summed E-state index contributed by atoms with van der Waals surface area (Å²) in [6.45, 7) is 1.92. The van der Waals surface area contributed by atoms with Gasteiger partial charge in [0, 0.05) is 25.0 Å². The number of nitrogens with one attached hydrogen (secondary N) is 2. The molecule has 0 bridgehead atoms. The second kappa shape index (κ2) is 19.9. The number of H-pyrrole nitrogens is 1. The zero-order valence-electron chi connectivity index (χ0n) is 19.8. The van der Waals surface area contributed by atoms with Gasteiger partial charge in [0.1, 0.15) is 0 Å². The van der Waals surface area contributed by atoms with Crippen LogP contribution in [0.2, 0.25) is 0 Å². The van der Waals surface area contributed by atoms with Crippen LogP contribution in [0, 0.1) is 0 Å². The Bertz CT molecular complexity index is 638. The van der Waals surface area contributed by atoms with Crippen molar-refractivity contribution in [2.24, 2.45) is 0 Å². The van der Waals surface area contributed by atoms with Crippen LogP contribution in [0.5, 0.6) is 0 Å². The summed E-state index contributed by atoms with van der Waals surface area (Å²) >= 11 is 0. The molecule has 32 heavy (non-hydrogen) atoms. The number of hydrogen-bond donors (Lipinski definition) is 3. The molecule has 0 saturated heterocycles. The van der Waals surface area contributed by atoms with E-state index in [4.69, 9.17) is 5.11 Å². The second-order valence-electron chi connectivity index (χ2n) is 8.32. The molecule has 1 heterocycles. The number of nitrogens with zero attached hydrogens (tertiary/aromatic N) is 3. The highest BCUT2D eigenvalue weighted by atomic mass is 32.2. The van der Waals surface area contributed by atoms with Crippen molar-refractivity contribution in [1.82, 2.24) is 25.3 Å². The number of tetrazole rings is 1. The molecule has 0 saturated carbocycles. The first kappa shape index (κ1) is 28.3. The topological polar surface area (TPSA) is 121 Å². The average Bonchev–Trinajstić information content (AvgIpc) is 3.29. The lowest BCUT2D eigenvalue weighted by atomic mass is 10.0. The van der Waals surface area contributed by atoms with Crippen LogP contribution in [-0.4, -0.2) is 48.7 Å². The maximum Gasteiger partial charge on any atom is 0.303 e. The molecule has 1 atom stereocenters. The van der Waals surface area contributed by atoms with Gasteiger partial charge < -0.3 is 9.83 Å². The number of carbonyl (C=O) groups is 2. The number of carbonyl (C=O) groups excluding carboxylic acids is 1. The van der Waals surface area contributed by atoms with Crippen molar-refractivity contribution in [1.29, 1.82) is 0 Å². The first-order valence-electron chi connectivity index (χ1n) is 12.3. The molecule has 0 fully saturated rings. The predicted molar refractivity (Wildman–Crippen MR) is 132 cm³/mol. The van der Waals surface area contributed by atoms with E-state index in [1.54, 1.807) is 0 Å². The van der Waals surface area contributed by atoms with Crippen molar-refractivity contribution in [3.8, 4) is 0 Å². The summed E-state index contributed by atoms with van der Waals surface area (Å²) in [7, 11) is -0.298. The van der Waals surface area contributed by atoms with E-state index >= 15 is 0 Å². The molecule has 0 spiro atoms. The fourth-order valence-corrected chi connectivity index (χ4v) is 4.91. The summed E-state index contributed by atoms with van der Waals surface area (Å²) in [5.41, 5.74) is 0. The number of carboxylic acids is 1. The molecule has 0 aliphatic heterocycles. The highest BCUT2D eigenvalue weighted by Gasteiger charge is 2.05. The van der Waals surface area contributed by atoms with Crippen molar-refractivity contribution in [3.05, 3.63) is 5.82 Å². The standard InChI is InChI=1S/C23H43N5O3S/c1-2-32(20-16-19-23(30)31)26-22(29)18-15-13-11-9-7-5-3-4-6-8-10-12-14-17-21-24-27-28-25-21/h2H,3-20H2,1H3,(H,26,29)(H,30,31)(H,24,25,27,28). The molecule has 9 heteroatoms. The molecule has 0 radical (unpaired) electrons. The Labute approximate surface area is 195 Å². The summed E-state index contributed by atoms with van der Waals surface area (Å²) in [5, 5.41) is 24.7. The molecule has 184 valence electrons. The molecule has 3 N–H and O–H groups in total. The Kier molecular flexibility index (Phi) is 17.6. The normalized spacial score (nSPS) is 12.2. The molecule has 0 aliphatic rings. The van der Waals surface area contributed by atoms with E-state index < -0.39 is 5.97 Å². The summed E-state index contributed by atoms with van der Waals surface area (Å²) in [6, 6.07) is 0. The Morgan fingerprint density at radius 2 is 1.44 bits per heavy atom. The lowest BCUT2D eigenvalue weighted by Crippen LogP contribution is -2.19. The van der Waals surface area contributed by atoms with Crippen molar-refractivity contribution in [2.75, 3.05) is 5.75 Å². The van der Waals surface area contributed by atoms with Crippen LogP contribution in [0.4, 0.5) is 0 Å². The molecule has 1 amide bonds. The van der Waals surface area contributed by atoms with E-state index in [0.29, 0.717) is 12.8 Å². The third kappa shape index (κ3) is 16.9. The molecule has 0 aromatic carbocycles. The van der Waals surface area contributed by atoms with Crippen molar-refractivity contribution >= 4 is 27.9 Å². The van der Waals surface area contributed by atoms with Crippen LogP contribution >= 0.6 is 10.7 Å². The lowest BCUT2D eigenvalue weighted by molar-refractivity contribution is -0.137. The Morgan fingerprint density at radius 3 is 1.94 bits per heavy atom. The van der Waals surface area contributed by atoms with Gasteiger partial charge in [0.15, 0.2) is 5.82 Å².